The minimum atomic E-state index is -1.59. The maximum Gasteiger partial charge on any atom is 0.326 e. The first-order valence-electron chi connectivity index (χ1n) is 4.67. The monoisotopic (exact) mass is 209 g/mol. The van der Waals surface area contributed by atoms with E-state index in [4.69, 9.17) is 15.9 Å². The Labute approximate surface area is 88.3 Å². The molecule has 0 saturated carbocycles. The summed E-state index contributed by atoms with van der Waals surface area (Å²) in [5.74, 6) is -1.19. The number of hydrogen-bond donors (Lipinski definition) is 3. The second kappa shape index (κ2) is 4.42. The van der Waals surface area contributed by atoms with E-state index >= 15 is 0 Å². The van der Waals surface area contributed by atoms with Crippen LogP contribution in [0.4, 0.5) is 0 Å². The molecule has 0 bridgehead atoms. The molecule has 0 saturated heterocycles. The molecular formula is C11H15NO3. The molecule has 1 atom stereocenters. The zero-order valence-electron chi connectivity index (χ0n) is 8.60. The van der Waals surface area contributed by atoms with Crippen molar-refractivity contribution in [2.45, 2.75) is 18.9 Å². The molecule has 1 unspecified atom stereocenters. The summed E-state index contributed by atoms with van der Waals surface area (Å²) in [6.45, 7) is 1.31. The number of rotatable bonds is 4. The van der Waals surface area contributed by atoms with Crippen LogP contribution < -0.4 is 5.73 Å². The summed E-state index contributed by atoms with van der Waals surface area (Å²) in [6.07, 6.45) is 0.130. The summed E-state index contributed by atoms with van der Waals surface area (Å²) in [5.41, 5.74) is 5.82. The maximum absolute atomic E-state index is 10.9. The molecule has 0 aliphatic rings. The third-order valence-electron chi connectivity index (χ3n) is 2.48. The van der Waals surface area contributed by atoms with Gasteiger partial charge in [-0.05, 0) is 18.1 Å². The van der Waals surface area contributed by atoms with E-state index in [9.17, 15) is 4.79 Å². The Balaban J connectivity index is 2.94. The van der Waals surface area contributed by atoms with Crippen LogP contribution in [-0.4, -0.2) is 28.3 Å². The summed E-state index contributed by atoms with van der Waals surface area (Å²) in [7, 11) is 0. The van der Waals surface area contributed by atoms with E-state index in [1.165, 1.54) is 0 Å². The van der Waals surface area contributed by atoms with Gasteiger partial charge in [0.15, 0.2) is 0 Å². The highest BCUT2D eigenvalue weighted by atomic mass is 16.4. The van der Waals surface area contributed by atoms with E-state index in [2.05, 4.69) is 0 Å². The SMILES string of the molecule is Cc1ccccc1CC(N)(CO)C(=O)O. The first kappa shape index (κ1) is 11.7. The van der Waals surface area contributed by atoms with Gasteiger partial charge in [-0.25, -0.2) is 0 Å². The van der Waals surface area contributed by atoms with Gasteiger partial charge in [0, 0.05) is 6.42 Å². The van der Waals surface area contributed by atoms with Gasteiger partial charge >= 0.3 is 5.97 Å². The number of carboxylic acid groups (broad SMARTS) is 1. The maximum atomic E-state index is 10.9. The van der Waals surface area contributed by atoms with Gasteiger partial charge in [0.25, 0.3) is 0 Å². The van der Waals surface area contributed by atoms with E-state index in [1.807, 2.05) is 31.2 Å². The minimum Gasteiger partial charge on any atom is -0.480 e. The van der Waals surface area contributed by atoms with Gasteiger partial charge in [0.05, 0.1) is 6.61 Å². The molecule has 4 heteroatoms. The fraction of sp³-hybridized carbons (Fsp3) is 0.364. The summed E-state index contributed by atoms with van der Waals surface area (Å²) in [5, 5.41) is 17.9. The van der Waals surface area contributed by atoms with Crippen LogP contribution in [0.3, 0.4) is 0 Å². The molecule has 1 rings (SSSR count). The lowest BCUT2D eigenvalue weighted by Crippen LogP contribution is -2.53. The topological polar surface area (TPSA) is 83.5 Å². The molecule has 0 amide bonds. The van der Waals surface area contributed by atoms with Crippen LogP contribution >= 0.6 is 0 Å². The number of benzene rings is 1. The summed E-state index contributed by atoms with van der Waals surface area (Å²) in [4.78, 5) is 10.9. The predicted molar refractivity (Wildman–Crippen MR) is 56.5 cm³/mol. The van der Waals surface area contributed by atoms with Crippen LogP contribution in [0.25, 0.3) is 0 Å². The molecule has 0 aromatic heterocycles. The number of aliphatic carboxylic acids is 1. The van der Waals surface area contributed by atoms with Crippen molar-refractivity contribution < 1.29 is 15.0 Å². The van der Waals surface area contributed by atoms with E-state index in [-0.39, 0.29) is 6.42 Å². The van der Waals surface area contributed by atoms with Crippen LogP contribution in [0.5, 0.6) is 0 Å². The van der Waals surface area contributed by atoms with Gasteiger partial charge in [-0.3, -0.25) is 4.79 Å². The molecule has 1 aromatic rings. The van der Waals surface area contributed by atoms with Crippen molar-refractivity contribution in [3.8, 4) is 0 Å². The van der Waals surface area contributed by atoms with Crippen molar-refractivity contribution in [3.63, 3.8) is 0 Å². The van der Waals surface area contributed by atoms with Gasteiger partial charge in [-0.1, -0.05) is 24.3 Å². The summed E-state index contributed by atoms with van der Waals surface area (Å²) >= 11 is 0. The Morgan fingerprint density at radius 2 is 2.07 bits per heavy atom. The molecule has 4 N–H and O–H groups in total. The molecule has 0 spiro atoms. The van der Waals surface area contributed by atoms with Gasteiger partial charge < -0.3 is 15.9 Å². The molecular weight excluding hydrogens is 194 g/mol. The van der Waals surface area contributed by atoms with E-state index in [1.54, 1.807) is 0 Å². The molecule has 0 heterocycles. The van der Waals surface area contributed by atoms with Gasteiger partial charge in [0.1, 0.15) is 5.54 Å². The van der Waals surface area contributed by atoms with Crippen molar-refractivity contribution in [3.05, 3.63) is 35.4 Å². The van der Waals surface area contributed by atoms with Crippen molar-refractivity contribution in [1.29, 1.82) is 0 Å². The van der Waals surface area contributed by atoms with E-state index < -0.39 is 18.1 Å². The first-order valence-corrected chi connectivity index (χ1v) is 4.67. The van der Waals surface area contributed by atoms with Gasteiger partial charge in [-0.2, -0.15) is 0 Å². The molecule has 4 nitrogen and oxygen atoms in total. The second-order valence-corrected chi connectivity index (χ2v) is 3.72. The Kier molecular flexibility index (Phi) is 3.44. The number of nitrogens with two attached hydrogens (primary N) is 1. The Bertz CT molecular complexity index is 365. The normalized spacial score (nSPS) is 14.6. The fourth-order valence-electron chi connectivity index (χ4n) is 1.35. The lowest BCUT2D eigenvalue weighted by molar-refractivity contribution is -0.144. The van der Waals surface area contributed by atoms with Crippen LogP contribution in [0.2, 0.25) is 0 Å². The smallest absolute Gasteiger partial charge is 0.326 e. The number of carboxylic acids is 1. The number of carbonyl (C=O) groups is 1. The third-order valence-corrected chi connectivity index (χ3v) is 2.48. The van der Waals surface area contributed by atoms with Crippen molar-refractivity contribution in [2.75, 3.05) is 6.61 Å². The molecule has 1 aromatic carbocycles. The molecule has 0 aliphatic heterocycles. The minimum absolute atomic E-state index is 0.130. The summed E-state index contributed by atoms with van der Waals surface area (Å²) in [6, 6.07) is 7.39. The third kappa shape index (κ3) is 2.55. The lowest BCUT2D eigenvalue weighted by Gasteiger charge is -2.22. The number of hydrogen-bond acceptors (Lipinski definition) is 3. The van der Waals surface area contributed by atoms with Crippen LogP contribution in [-0.2, 0) is 11.2 Å². The molecule has 0 radical (unpaired) electrons. The first-order chi connectivity index (χ1) is 6.99. The highest BCUT2D eigenvalue weighted by molar-refractivity contribution is 5.79. The second-order valence-electron chi connectivity index (χ2n) is 3.72. The van der Waals surface area contributed by atoms with Crippen molar-refractivity contribution in [1.82, 2.24) is 0 Å². The average molecular weight is 209 g/mol. The van der Waals surface area contributed by atoms with Crippen LogP contribution in [0, 0.1) is 6.92 Å². The quantitative estimate of drug-likeness (QED) is 0.666. The van der Waals surface area contributed by atoms with Crippen LogP contribution in [0.15, 0.2) is 24.3 Å². The number of aliphatic hydroxyl groups excluding tert-OH is 1. The lowest BCUT2D eigenvalue weighted by atomic mass is 9.91. The highest BCUT2D eigenvalue weighted by Gasteiger charge is 2.33. The van der Waals surface area contributed by atoms with Gasteiger partial charge in [0.2, 0.25) is 0 Å². The average Bonchev–Trinajstić information content (AvgIpc) is 2.21. The standard InChI is InChI=1S/C11H15NO3/c1-8-4-2-3-5-9(8)6-11(12,7-13)10(14)15/h2-5,13H,6-7,12H2,1H3,(H,14,15). The predicted octanol–water partition coefficient (Wildman–Crippen LogP) is 0.312. The molecule has 15 heavy (non-hydrogen) atoms. The van der Waals surface area contributed by atoms with Gasteiger partial charge in [-0.15, -0.1) is 0 Å². The number of aryl methyl sites for hydroxylation is 1. The molecule has 0 fully saturated rings. The van der Waals surface area contributed by atoms with Crippen molar-refractivity contribution >= 4 is 5.97 Å². The van der Waals surface area contributed by atoms with E-state index in [0.717, 1.165) is 11.1 Å². The molecule has 0 aliphatic carbocycles. The highest BCUT2D eigenvalue weighted by Crippen LogP contribution is 2.14. The largest absolute Gasteiger partial charge is 0.480 e. The van der Waals surface area contributed by atoms with Crippen molar-refractivity contribution in [2.24, 2.45) is 5.73 Å². The van der Waals surface area contributed by atoms with Crippen LogP contribution in [0.1, 0.15) is 11.1 Å². The Morgan fingerprint density at radius 1 is 1.47 bits per heavy atom. The zero-order chi connectivity index (χ0) is 11.5. The molecule has 82 valence electrons. The Hall–Kier alpha value is -1.39. The zero-order valence-corrected chi connectivity index (χ0v) is 8.60. The fourth-order valence-corrected chi connectivity index (χ4v) is 1.35. The Morgan fingerprint density at radius 3 is 2.53 bits per heavy atom. The van der Waals surface area contributed by atoms with E-state index in [0.29, 0.717) is 0 Å². The number of aliphatic hydroxyl groups is 1. The summed E-state index contributed by atoms with van der Waals surface area (Å²) < 4.78 is 0.